The van der Waals surface area contributed by atoms with E-state index in [1.807, 2.05) is 25.1 Å². The molecule has 1 aromatic rings. The summed E-state index contributed by atoms with van der Waals surface area (Å²) < 4.78 is 0. The minimum Gasteiger partial charge on any atom is -0.292 e. The van der Waals surface area contributed by atoms with Gasteiger partial charge in [0, 0.05) is 10.5 Å². The molecule has 0 spiro atoms. The summed E-state index contributed by atoms with van der Waals surface area (Å²) in [5, 5.41) is -0.456. The van der Waals surface area contributed by atoms with Crippen LogP contribution < -0.4 is 0 Å². The summed E-state index contributed by atoms with van der Waals surface area (Å²) in [6.07, 6.45) is 1.10. The second kappa shape index (κ2) is 6.31. The smallest absolute Gasteiger partial charge is 0.181 e. The van der Waals surface area contributed by atoms with Crippen molar-refractivity contribution in [1.82, 2.24) is 0 Å². The summed E-state index contributed by atoms with van der Waals surface area (Å²) in [6, 6.07) is 5.98. The number of ketones is 1. The van der Waals surface area contributed by atoms with Gasteiger partial charge in [-0.25, -0.2) is 0 Å². The molecule has 0 aromatic heterocycles. The van der Waals surface area contributed by atoms with E-state index >= 15 is 0 Å². The van der Waals surface area contributed by atoms with Gasteiger partial charge in [0.05, 0.1) is 5.38 Å². The molecule has 0 aliphatic rings. The molecular weight excluding hydrogens is 240 g/mol. The summed E-state index contributed by atoms with van der Waals surface area (Å²) in [4.78, 5) is 13.0. The first-order valence-electron chi connectivity index (χ1n) is 5.48. The average Bonchev–Trinajstić information content (AvgIpc) is 2.26. The maximum Gasteiger partial charge on any atom is 0.181 e. The van der Waals surface area contributed by atoms with E-state index in [1.165, 1.54) is 0 Å². The Morgan fingerprint density at radius 2 is 2.19 bits per heavy atom. The Bertz CT molecular complexity index is 374. The minimum atomic E-state index is -0.456. The lowest BCUT2D eigenvalue weighted by atomic mass is 10.1. The Morgan fingerprint density at radius 3 is 2.75 bits per heavy atom. The van der Waals surface area contributed by atoms with Gasteiger partial charge in [0.15, 0.2) is 5.78 Å². The fourth-order valence-electron chi connectivity index (χ4n) is 1.39. The Morgan fingerprint density at radius 1 is 1.50 bits per heavy atom. The zero-order chi connectivity index (χ0) is 12.1. The molecule has 1 nitrogen and oxygen atoms in total. The number of alkyl halides is 1. The van der Waals surface area contributed by atoms with Crippen molar-refractivity contribution < 1.29 is 4.79 Å². The SMILES string of the molecule is CCCSc1ccc(C)cc1C(=O)C(C)Cl. The normalized spacial score (nSPS) is 12.5. The molecule has 0 N–H and O–H groups in total. The molecule has 1 unspecified atom stereocenters. The van der Waals surface area contributed by atoms with Crippen LogP contribution in [0.1, 0.15) is 36.2 Å². The highest BCUT2D eigenvalue weighted by Crippen LogP contribution is 2.26. The van der Waals surface area contributed by atoms with Crippen molar-refractivity contribution in [3.63, 3.8) is 0 Å². The van der Waals surface area contributed by atoms with Crippen molar-refractivity contribution in [2.45, 2.75) is 37.5 Å². The molecule has 0 amide bonds. The highest BCUT2D eigenvalue weighted by molar-refractivity contribution is 7.99. The first-order chi connectivity index (χ1) is 7.56. The molecule has 1 rings (SSSR count). The summed E-state index contributed by atoms with van der Waals surface area (Å²) in [6.45, 7) is 5.84. The van der Waals surface area contributed by atoms with Gasteiger partial charge in [0.1, 0.15) is 0 Å². The van der Waals surface area contributed by atoms with Crippen molar-refractivity contribution in [1.29, 1.82) is 0 Å². The molecule has 0 saturated carbocycles. The fourth-order valence-corrected chi connectivity index (χ4v) is 2.41. The third-order valence-electron chi connectivity index (χ3n) is 2.22. The number of hydrogen-bond acceptors (Lipinski definition) is 2. The first-order valence-corrected chi connectivity index (χ1v) is 6.90. The van der Waals surface area contributed by atoms with Crippen LogP contribution in [-0.2, 0) is 0 Å². The molecule has 1 atom stereocenters. The van der Waals surface area contributed by atoms with Gasteiger partial charge in [0.2, 0.25) is 0 Å². The van der Waals surface area contributed by atoms with Gasteiger partial charge in [-0.15, -0.1) is 23.4 Å². The van der Waals surface area contributed by atoms with Gasteiger partial charge >= 0.3 is 0 Å². The third kappa shape index (κ3) is 3.53. The number of rotatable bonds is 5. The van der Waals surface area contributed by atoms with Crippen LogP contribution in [0.15, 0.2) is 23.1 Å². The zero-order valence-electron chi connectivity index (χ0n) is 9.92. The lowest BCUT2D eigenvalue weighted by Gasteiger charge is -2.10. The Labute approximate surface area is 107 Å². The predicted molar refractivity (Wildman–Crippen MR) is 71.8 cm³/mol. The van der Waals surface area contributed by atoms with Gasteiger partial charge in [-0.05, 0) is 38.2 Å². The van der Waals surface area contributed by atoms with E-state index in [2.05, 4.69) is 6.92 Å². The zero-order valence-corrected chi connectivity index (χ0v) is 11.5. The first kappa shape index (κ1) is 13.6. The van der Waals surface area contributed by atoms with E-state index in [-0.39, 0.29) is 5.78 Å². The Kier molecular flexibility index (Phi) is 5.36. The topological polar surface area (TPSA) is 17.1 Å². The standard InChI is InChI=1S/C13H17ClOS/c1-4-7-16-12-6-5-9(2)8-11(12)13(15)10(3)14/h5-6,8,10H,4,7H2,1-3H3. The van der Waals surface area contributed by atoms with Crippen molar-refractivity contribution in [3.8, 4) is 0 Å². The quantitative estimate of drug-likeness (QED) is 0.444. The lowest BCUT2D eigenvalue weighted by Crippen LogP contribution is -2.12. The number of benzene rings is 1. The second-order valence-corrected chi connectivity index (χ2v) is 5.62. The van der Waals surface area contributed by atoms with Gasteiger partial charge in [-0.1, -0.05) is 18.6 Å². The number of halogens is 1. The van der Waals surface area contributed by atoms with Crippen molar-refractivity contribution >= 4 is 29.1 Å². The van der Waals surface area contributed by atoms with E-state index in [4.69, 9.17) is 11.6 Å². The van der Waals surface area contributed by atoms with E-state index in [1.54, 1.807) is 18.7 Å². The van der Waals surface area contributed by atoms with Gasteiger partial charge in [-0.2, -0.15) is 0 Å². The van der Waals surface area contributed by atoms with Crippen LogP contribution in [0.3, 0.4) is 0 Å². The molecule has 0 saturated heterocycles. The number of carbonyl (C=O) groups excluding carboxylic acids is 1. The van der Waals surface area contributed by atoms with E-state index in [0.29, 0.717) is 0 Å². The molecule has 88 valence electrons. The van der Waals surface area contributed by atoms with Crippen LogP contribution in [0.2, 0.25) is 0 Å². The van der Waals surface area contributed by atoms with E-state index < -0.39 is 5.38 Å². The Balaban J connectivity index is 3.03. The van der Waals surface area contributed by atoms with Crippen molar-refractivity contribution in [2.24, 2.45) is 0 Å². The number of thioether (sulfide) groups is 1. The van der Waals surface area contributed by atoms with Crippen LogP contribution in [0, 0.1) is 6.92 Å². The third-order valence-corrected chi connectivity index (χ3v) is 3.70. The van der Waals surface area contributed by atoms with Crippen LogP contribution in [-0.4, -0.2) is 16.9 Å². The van der Waals surface area contributed by atoms with Crippen LogP contribution in [0.5, 0.6) is 0 Å². The van der Waals surface area contributed by atoms with Crippen LogP contribution in [0.25, 0.3) is 0 Å². The maximum absolute atomic E-state index is 11.9. The highest BCUT2D eigenvalue weighted by atomic mass is 35.5. The fraction of sp³-hybridized carbons (Fsp3) is 0.462. The highest BCUT2D eigenvalue weighted by Gasteiger charge is 2.16. The molecule has 0 heterocycles. The van der Waals surface area contributed by atoms with Crippen molar-refractivity contribution in [2.75, 3.05) is 5.75 Å². The molecule has 0 fully saturated rings. The van der Waals surface area contributed by atoms with Gasteiger partial charge < -0.3 is 0 Å². The lowest BCUT2D eigenvalue weighted by molar-refractivity contribution is 0.0989. The van der Waals surface area contributed by atoms with E-state index in [9.17, 15) is 4.79 Å². The average molecular weight is 257 g/mol. The summed E-state index contributed by atoms with van der Waals surface area (Å²) in [5.41, 5.74) is 1.86. The van der Waals surface area contributed by atoms with Crippen molar-refractivity contribution in [3.05, 3.63) is 29.3 Å². The molecule has 0 aliphatic carbocycles. The number of carbonyl (C=O) groups is 1. The molecule has 0 radical (unpaired) electrons. The molecule has 16 heavy (non-hydrogen) atoms. The molecular formula is C13H17ClOS. The van der Waals surface area contributed by atoms with Gasteiger partial charge in [0.25, 0.3) is 0 Å². The maximum atomic E-state index is 11.9. The summed E-state index contributed by atoms with van der Waals surface area (Å²) in [7, 11) is 0. The summed E-state index contributed by atoms with van der Waals surface area (Å²) >= 11 is 7.58. The number of aryl methyl sites for hydroxylation is 1. The second-order valence-electron chi connectivity index (χ2n) is 3.83. The minimum absolute atomic E-state index is 0.0176. The predicted octanol–water partition coefficient (Wildman–Crippen LogP) is 4.31. The number of hydrogen-bond donors (Lipinski definition) is 0. The largest absolute Gasteiger partial charge is 0.292 e. The van der Waals surface area contributed by atoms with Crippen LogP contribution >= 0.6 is 23.4 Å². The molecule has 1 aromatic carbocycles. The van der Waals surface area contributed by atoms with Gasteiger partial charge in [-0.3, -0.25) is 4.79 Å². The molecule has 0 aliphatic heterocycles. The number of Topliss-reactive ketones (excluding diaryl/α,β-unsaturated/α-hetero) is 1. The molecule has 3 heteroatoms. The van der Waals surface area contributed by atoms with E-state index in [0.717, 1.165) is 28.2 Å². The molecule has 0 bridgehead atoms. The van der Waals surface area contributed by atoms with Crippen LogP contribution in [0.4, 0.5) is 0 Å². The summed E-state index contributed by atoms with van der Waals surface area (Å²) in [5.74, 6) is 1.05. The monoisotopic (exact) mass is 256 g/mol. The Hall–Kier alpha value is -0.470.